The van der Waals surface area contributed by atoms with Crippen molar-refractivity contribution >= 4 is 0 Å². The fourth-order valence-corrected chi connectivity index (χ4v) is 7.06. The standard InChI is InChI=1S/C24H36/c1-5-8-17(2)20-12-13-21-19-11-10-18-9-6-7-15-23(18,3)22(19)14-16-24(20,21)4/h6,9,14,16-18,20,22H,5,7-8,10-13,15H2,1-4H3/t17-,18+,20-,22+,23+,24-/m1/s1. The minimum absolute atomic E-state index is 0.369. The zero-order valence-electron chi connectivity index (χ0n) is 16.3. The largest absolute Gasteiger partial charge is 0.0882 e. The molecule has 2 fully saturated rings. The molecule has 0 aromatic carbocycles. The second kappa shape index (κ2) is 5.89. The van der Waals surface area contributed by atoms with Crippen molar-refractivity contribution in [2.24, 2.45) is 34.5 Å². The highest BCUT2D eigenvalue weighted by Crippen LogP contribution is 2.62. The first-order valence-electron chi connectivity index (χ1n) is 10.6. The molecule has 6 atom stereocenters. The fourth-order valence-electron chi connectivity index (χ4n) is 7.06. The zero-order chi connectivity index (χ0) is 16.9. The summed E-state index contributed by atoms with van der Waals surface area (Å²) in [4.78, 5) is 0. The van der Waals surface area contributed by atoms with Gasteiger partial charge in [-0.25, -0.2) is 0 Å². The van der Waals surface area contributed by atoms with Gasteiger partial charge in [-0.05, 0) is 61.7 Å². The Labute approximate surface area is 149 Å². The predicted molar refractivity (Wildman–Crippen MR) is 104 cm³/mol. The van der Waals surface area contributed by atoms with Crippen LogP contribution in [-0.2, 0) is 0 Å². The van der Waals surface area contributed by atoms with Gasteiger partial charge in [0, 0.05) is 11.3 Å². The Bertz CT molecular complexity index is 591. The number of hydrogen-bond donors (Lipinski definition) is 0. The van der Waals surface area contributed by atoms with Crippen LogP contribution in [-0.4, -0.2) is 0 Å². The molecule has 0 aromatic rings. The lowest BCUT2D eigenvalue weighted by Crippen LogP contribution is -2.43. The van der Waals surface area contributed by atoms with Crippen LogP contribution < -0.4 is 0 Å². The molecule has 0 saturated heterocycles. The van der Waals surface area contributed by atoms with E-state index in [-0.39, 0.29) is 0 Å². The maximum absolute atomic E-state index is 2.67. The third-order valence-electron chi connectivity index (χ3n) is 8.45. The molecule has 0 heterocycles. The average Bonchev–Trinajstić information content (AvgIpc) is 2.92. The number of hydrogen-bond acceptors (Lipinski definition) is 0. The van der Waals surface area contributed by atoms with E-state index in [4.69, 9.17) is 0 Å². The summed E-state index contributed by atoms with van der Waals surface area (Å²) in [5.41, 5.74) is 4.60. The van der Waals surface area contributed by atoms with E-state index in [2.05, 4.69) is 52.0 Å². The van der Waals surface area contributed by atoms with Crippen molar-refractivity contribution in [2.45, 2.75) is 79.1 Å². The van der Waals surface area contributed by atoms with Gasteiger partial charge in [-0.15, -0.1) is 0 Å². The van der Waals surface area contributed by atoms with Crippen LogP contribution in [0.25, 0.3) is 0 Å². The quantitative estimate of drug-likeness (QED) is 0.486. The van der Waals surface area contributed by atoms with E-state index < -0.39 is 0 Å². The van der Waals surface area contributed by atoms with Gasteiger partial charge in [0.15, 0.2) is 0 Å². The van der Waals surface area contributed by atoms with Crippen molar-refractivity contribution in [1.29, 1.82) is 0 Å². The molecule has 0 radical (unpaired) electrons. The molecule has 4 aliphatic rings. The van der Waals surface area contributed by atoms with Crippen LogP contribution in [0.1, 0.15) is 79.1 Å². The van der Waals surface area contributed by atoms with E-state index in [9.17, 15) is 0 Å². The highest BCUT2D eigenvalue weighted by Gasteiger charge is 2.52. The summed E-state index contributed by atoms with van der Waals surface area (Å²) in [7, 11) is 0. The van der Waals surface area contributed by atoms with Crippen molar-refractivity contribution in [3.8, 4) is 0 Å². The maximum atomic E-state index is 2.67. The predicted octanol–water partition coefficient (Wildman–Crippen LogP) is 7.09. The molecular weight excluding hydrogens is 288 g/mol. The summed E-state index contributed by atoms with van der Waals surface area (Å²) >= 11 is 0. The molecule has 0 spiro atoms. The van der Waals surface area contributed by atoms with E-state index in [1.165, 1.54) is 51.4 Å². The monoisotopic (exact) mass is 324 g/mol. The molecule has 0 amide bonds. The average molecular weight is 325 g/mol. The molecule has 4 aliphatic carbocycles. The van der Waals surface area contributed by atoms with Crippen molar-refractivity contribution in [3.63, 3.8) is 0 Å². The molecule has 0 heteroatoms. The molecule has 0 unspecified atom stereocenters. The number of fused-ring (bicyclic) bond motifs is 4. The van der Waals surface area contributed by atoms with E-state index >= 15 is 0 Å². The van der Waals surface area contributed by atoms with Crippen molar-refractivity contribution < 1.29 is 0 Å². The highest BCUT2D eigenvalue weighted by molar-refractivity contribution is 5.42. The lowest BCUT2D eigenvalue weighted by molar-refractivity contribution is 0.109. The first-order valence-corrected chi connectivity index (χ1v) is 10.6. The van der Waals surface area contributed by atoms with Gasteiger partial charge in [0.2, 0.25) is 0 Å². The summed E-state index contributed by atoms with van der Waals surface area (Å²) in [6.07, 6.45) is 21.3. The van der Waals surface area contributed by atoms with Crippen molar-refractivity contribution in [3.05, 3.63) is 35.5 Å². The highest BCUT2D eigenvalue weighted by atomic mass is 14.6. The summed E-state index contributed by atoms with van der Waals surface area (Å²) in [6, 6.07) is 0. The van der Waals surface area contributed by atoms with Gasteiger partial charge in [0.25, 0.3) is 0 Å². The Kier molecular flexibility index (Phi) is 4.09. The van der Waals surface area contributed by atoms with Crippen LogP contribution in [0, 0.1) is 34.5 Å². The molecule has 0 bridgehead atoms. The third-order valence-corrected chi connectivity index (χ3v) is 8.45. The van der Waals surface area contributed by atoms with Gasteiger partial charge < -0.3 is 0 Å². The Balaban J connectivity index is 1.70. The Hall–Kier alpha value is -0.780. The van der Waals surface area contributed by atoms with Crippen LogP contribution in [0.2, 0.25) is 0 Å². The topological polar surface area (TPSA) is 0 Å². The van der Waals surface area contributed by atoms with Crippen LogP contribution in [0.15, 0.2) is 35.5 Å². The van der Waals surface area contributed by atoms with Gasteiger partial charge in [-0.1, -0.05) is 76.0 Å². The van der Waals surface area contributed by atoms with Crippen LogP contribution >= 0.6 is 0 Å². The molecule has 0 aliphatic heterocycles. The van der Waals surface area contributed by atoms with Gasteiger partial charge in [0.05, 0.1) is 0 Å². The summed E-state index contributed by atoms with van der Waals surface area (Å²) in [5.74, 6) is 3.27. The first-order chi connectivity index (χ1) is 11.5. The molecule has 24 heavy (non-hydrogen) atoms. The Morgan fingerprint density at radius 3 is 2.79 bits per heavy atom. The first kappa shape index (κ1) is 16.7. The number of allylic oxidation sites excluding steroid dienone is 6. The van der Waals surface area contributed by atoms with Gasteiger partial charge in [0.1, 0.15) is 0 Å². The second-order valence-electron chi connectivity index (χ2n) is 9.65. The van der Waals surface area contributed by atoms with E-state index in [0.29, 0.717) is 10.8 Å². The Morgan fingerprint density at radius 2 is 2.00 bits per heavy atom. The zero-order valence-corrected chi connectivity index (χ0v) is 16.3. The van der Waals surface area contributed by atoms with Gasteiger partial charge in [-0.2, -0.15) is 0 Å². The molecule has 0 N–H and O–H groups in total. The molecule has 0 aromatic heterocycles. The number of rotatable bonds is 3. The SMILES string of the molecule is CCC[C@@H](C)[C@H]1CCC2=C3CC[C@@H]4C=CCC[C@]4(C)[C@H]3C=C[C@@]21C. The van der Waals surface area contributed by atoms with Crippen molar-refractivity contribution in [2.75, 3.05) is 0 Å². The van der Waals surface area contributed by atoms with E-state index in [1.54, 1.807) is 0 Å². The minimum atomic E-state index is 0.369. The molecular formula is C24H36. The van der Waals surface area contributed by atoms with Gasteiger partial charge in [-0.3, -0.25) is 0 Å². The summed E-state index contributed by atoms with van der Waals surface area (Å²) < 4.78 is 0. The van der Waals surface area contributed by atoms with Crippen molar-refractivity contribution in [1.82, 2.24) is 0 Å². The van der Waals surface area contributed by atoms with Crippen LogP contribution in [0.5, 0.6) is 0 Å². The lowest BCUT2D eigenvalue weighted by Gasteiger charge is -2.52. The molecule has 0 nitrogen and oxygen atoms in total. The van der Waals surface area contributed by atoms with E-state index in [1.807, 2.05) is 11.1 Å². The smallest absolute Gasteiger partial charge is 0.00964 e. The fraction of sp³-hybridized carbons (Fsp3) is 0.750. The second-order valence-corrected chi connectivity index (χ2v) is 9.65. The van der Waals surface area contributed by atoms with Gasteiger partial charge >= 0.3 is 0 Å². The summed E-state index contributed by atoms with van der Waals surface area (Å²) in [6.45, 7) is 10.0. The van der Waals surface area contributed by atoms with Crippen LogP contribution in [0.4, 0.5) is 0 Å². The lowest BCUT2D eigenvalue weighted by atomic mass is 9.52. The molecule has 2 saturated carbocycles. The molecule has 4 rings (SSSR count). The third kappa shape index (κ3) is 2.24. The van der Waals surface area contributed by atoms with Crippen LogP contribution in [0.3, 0.4) is 0 Å². The maximum Gasteiger partial charge on any atom is 0.00964 e. The summed E-state index contributed by atoms with van der Waals surface area (Å²) in [5, 5.41) is 0. The minimum Gasteiger partial charge on any atom is -0.0882 e. The Morgan fingerprint density at radius 1 is 1.17 bits per heavy atom. The molecule has 132 valence electrons. The normalized spacial score (nSPS) is 44.9. The van der Waals surface area contributed by atoms with E-state index in [0.717, 1.165) is 23.7 Å².